The molecule has 1 aromatic rings. The summed E-state index contributed by atoms with van der Waals surface area (Å²) in [7, 11) is 0. The van der Waals surface area contributed by atoms with Gasteiger partial charge in [-0.05, 0) is 80.1 Å². The van der Waals surface area contributed by atoms with Crippen LogP contribution in [0.5, 0.6) is 5.75 Å². The van der Waals surface area contributed by atoms with E-state index in [1.807, 2.05) is 0 Å². The Kier molecular flexibility index (Phi) is 4.84. The van der Waals surface area contributed by atoms with Crippen molar-refractivity contribution in [3.63, 3.8) is 0 Å². The number of rotatable bonds is 4. The highest BCUT2D eigenvalue weighted by atomic mass is 16.5. The molecule has 3 rings (SSSR count). The fraction of sp³-hybridized carbons (Fsp3) is 0.684. The smallest absolute Gasteiger partial charge is 0.126 e. The topological polar surface area (TPSA) is 21.3 Å². The van der Waals surface area contributed by atoms with E-state index in [-0.39, 0.29) is 0 Å². The molecule has 0 radical (unpaired) electrons. The molecule has 1 fully saturated rings. The molecule has 0 atom stereocenters. The van der Waals surface area contributed by atoms with E-state index in [1.54, 1.807) is 0 Å². The summed E-state index contributed by atoms with van der Waals surface area (Å²) in [5.41, 5.74) is 4.55. The van der Waals surface area contributed by atoms with Gasteiger partial charge >= 0.3 is 0 Å². The van der Waals surface area contributed by atoms with E-state index >= 15 is 0 Å². The molecule has 116 valence electrons. The minimum atomic E-state index is 0.588. The first-order chi connectivity index (χ1) is 10.3. The predicted molar refractivity (Wildman–Crippen MR) is 88.3 cm³/mol. The molecule has 21 heavy (non-hydrogen) atoms. The number of nitrogens with one attached hydrogen (secondary N) is 1. The van der Waals surface area contributed by atoms with Crippen molar-refractivity contribution in [1.29, 1.82) is 0 Å². The number of hydrogen-bond donors (Lipinski definition) is 1. The van der Waals surface area contributed by atoms with E-state index in [2.05, 4.69) is 31.3 Å². The van der Waals surface area contributed by atoms with Crippen LogP contribution in [-0.2, 0) is 12.8 Å². The maximum atomic E-state index is 6.33. The Hall–Kier alpha value is -1.02. The molecule has 0 unspecified atom stereocenters. The Morgan fingerprint density at radius 3 is 2.67 bits per heavy atom. The molecule has 0 amide bonds. The monoisotopic (exact) mass is 287 g/mol. The van der Waals surface area contributed by atoms with E-state index in [0.29, 0.717) is 11.8 Å². The van der Waals surface area contributed by atoms with Gasteiger partial charge in [-0.15, -0.1) is 0 Å². The summed E-state index contributed by atoms with van der Waals surface area (Å²) >= 11 is 0. The molecule has 1 aliphatic heterocycles. The SMILES string of the molecule is CC(C)COc1c(C2CCNCC2)ccc2c1CCCC2. The van der Waals surface area contributed by atoms with E-state index in [9.17, 15) is 0 Å². The third-order valence-corrected chi connectivity index (χ3v) is 4.85. The lowest BCUT2D eigenvalue weighted by Gasteiger charge is -2.29. The van der Waals surface area contributed by atoms with Crippen LogP contribution in [0.4, 0.5) is 0 Å². The van der Waals surface area contributed by atoms with Gasteiger partial charge in [0.1, 0.15) is 5.75 Å². The summed E-state index contributed by atoms with van der Waals surface area (Å²) in [5.74, 6) is 2.53. The molecule has 2 nitrogen and oxygen atoms in total. The largest absolute Gasteiger partial charge is 0.493 e. The first-order valence-corrected chi connectivity index (χ1v) is 8.74. The molecular formula is C19H29NO. The number of ether oxygens (including phenoxy) is 1. The fourth-order valence-electron chi connectivity index (χ4n) is 3.69. The van der Waals surface area contributed by atoms with Gasteiger partial charge < -0.3 is 10.1 Å². The van der Waals surface area contributed by atoms with E-state index in [1.165, 1.54) is 61.0 Å². The third kappa shape index (κ3) is 3.42. The molecule has 0 bridgehead atoms. The first-order valence-electron chi connectivity index (χ1n) is 8.74. The van der Waals surface area contributed by atoms with E-state index in [4.69, 9.17) is 4.74 Å². The second-order valence-corrected chi connectivity index (χ2v) is 7.06. The van der Waals surface area contributed by atoms with Crippen LogP contribution in [-0.4, -0.2) is 19.7 Å². The summed E-state index contributed by atoms with van der Waals surface area (Å²) in [6.07, 6.45) is 7.60. The Bertz CT molecular complexity index is 475. The lowest BCUT2D eigenvalue weighted by molar-refractivity contribution is 0.262. The summed E-state index contributed by atoms with van der Waals surface area (Å²) in [5, 5.41) is 3.48. The van der Waals surface area contributed by atoms with Crippen LogP contribution in [0.25, 0.3) is 0 Å². The molecule has 0 saturated carbocycles. The van der Waals surface area contributed by atoms with E-state index < -0.39 is 0 Å². The maximum absolute atomic E-state index is 6.33. The van der Waals surface area contributed by atoms with Gasteiger partial charge in [0.2, 0.25) is 0 Å². The van der Waals surface area contributed by atoms with Crippen molar-refractivity contribution >= 4 is 0 Å². The summed E-state index contributed by atoms with van der Waals surface area (Å²) in [6, 6.07) is 4.75. The molecular weight excluding hydrogens is 258 g/mol. The average molecular weight is 287 g/mol. The molecule has 1 aromatic carbocycles. The van der Waals surface area contributed by atoms with Crippen LogP contribution in [0.15, 0.2) is 12.1 Å². The highest BCUT2D eigenvalue weighted by Crippen LogP contribution is 2.39. The quantitative estimate of drug-likeness (QED) is 0.901. The highest BCUT2D eigenvalue weighted by molar-refractivity contribution is 5.49. The first kappa shape index (κ1) is 14.9. The minimum absolute atomic E-state index is 0.588. The number of fused-ring (bicyclic) bond motifs is 1. The van der Waals surface area contributed by atoms with Crippen molar-refractivity contribution < 1.29 is 4.74 Å². The normalized spacial score (nSPS) is 19.6. The molecule has 0 spiro atoms. The zero-order valence-electron chi connectivity index (χ0n) is 13.6. The highest BCUT2D eigenvalue weighted by Gasteiger charge is 2.24. The van der Waals surface area contributed by atoms with Gasteiger partial charge in [-0.2, -0.15) is 0 Å². The minimum Gasteiger partial charge on any atom is -0.493 e. The van der Waals surface area contributed by atoms with Crippen LogP contribution >= 0.6 is 0 Å². The van der Waals surface area contributed by atoms with Crippen molar-refractivity contribution in [2.45, 2.75) is 58.3 Å². The van der Waals surface area contributed by atoms with Crippen molar-refractivity contribution in [2.75, 3.05) is 19.7 Å². The summed E-state index contributed by atoms with van der Waals surface area (Å²) in [4.78, 5) is 0. The number of aryl methyl sites for hydroxylation is 1. The standard InChI is InChI=1S/C19H29NO/c1-14(2)13-21-19-17-6-4-3-5-15(17)7-8-18(19)16-9-11-20-12-10-16/h7-8,14,16,20H,3-6,9-13H2,1-2H3. The van der Waals surface area contributed by atoms with Crippen LogP contribution in [0.1, 0.15) is 62.1 Å². The average Bonchev–Trinajstić information content (AvgIpc) is 2.53. The van der Waals surface area contributed by atoms with Gasteiger partial charge in [0.25, 0.3) is 0 Å². The second-order valence-electron chi connectivity index (χ2n) is 7.06. The lowest BCUT2D eigenvalue weighted by Crippen LogP contribution is -2.27. The van der Waals surface area contributed by atoms with Gasteiger partial charge in [-0.25, -0.2) is 0 Å². The van der Waals surface area contributed by atoms with Crippen LogP contribution in [0.2, 0.25) is 0 Å². The Morgan fingerprint density at radius 2 is 1.90 bits per heavy atom. The summed E-state index contributed by atoms with van der Waals surface area (Å²) in [6.45, 7) is 7.60. The molecule has 2 aliphatic rings. The van der Waals surface area contributed by atoms with Gasteiger partial charge in [0, 0.05) is 0 Å². The van der Waals surface area contributed by atoms with E-state index in [0.717, 1.165) is 19.7 Å². The fourth-order valence-corrected chi connectivity index (χ4v) is 3.69. The van der Waals surface area contributed by atoms with Gasteiger partial charge in [0.05, 0.1) is 6.61 Å². The molecule has 2 heteroatoms. The predicted octanol–water partition coefficient (Wildman–Crippen LogP) is 4.07. The van der Waals surface area contributed by atoms with Gasteiger partial charge in [-0.1, -0.05) is 26.0 Å². The van der Waals surface area contributed by atoms with Crippen LogP contribution in [0.3, 0.4) is 0 Å². The second kappa shape index (κ2) is 6.83. The van der Waals surface area contributed by atoms with Crippen LogP contribution in [0, 0.1) is 5.92 Å². The van der Waals surface area contributed by atoms with Crippen LogP contribution < -0.4 is 10.1 Å². The number of benzene rings is 1. The van der Waals surface area contributed by atoms with Gasteiger partial charge in [0.15, 0.2) is 0 Å². The number of piperidine rings is 1. The van der Waals surface area contributed by atoms with Crippen molar-refractivity contribution in [1.82, 2.24) is 5.32 Å². The maximum Gasteiger partial charge on any atom is 0.126 e. The third-order valence-electron chi connectivity index (χ3n) is 4.85. The molecule has 1 saturated heterocycles. The Labute approximate surface area is 129 Å². The lowest BCUT2D eigenvalue weighted by atomic mass is 9.83. The molecule has 1 aliphatic carbocycles. The van der Waals surface area contributed by atoms with Gasteiger partial charge in [-0.3, -0.25) is 0 Å². The summed E-state index contributed by atoms with van der Waals surface area (Å²) < 4.78 is 6.33. The zero-order valence-corrected chi connectivity index (χ0v) is 13.6. The molecule has 1 heterocycles. The van der Waals surface area contributed by atoms with Crippen molar-refractivity contribution in [3.05, 3.63) is 28.8 Å². The molecule has 1 N–H and O–H groups in total. The van der Waals surface area contributed by atoms with Crippen molar-refractivity contribution in [3.8, 4) is 5.75 Å². The zero-order chi connectivity index (χ0) is 14.7. The Morgan fingerprint density at radius 1 is 1.14 bits per heavy atom. The number of hydrogen-bond acceptors (Lipinski definition) is 2. The Balaban J connectivity index is 1.93. The van der Waals surface area contributed by atoms with Crippen molar-refractivity contribution in [2.24, 2.45) is 5.92 Å². The molecule has 0 aromatic heterocycles.